The first-order chi connectivity index (χ1) is 13.0. The minimum atomic E-state index is -0.213. The van der Waals surface area contributed by atoms with E-state index in [1.54, 1.807) is 16.0 Å². The number of piperidine rings is 1. The summed E-state index contributed by atoms with van der Waals surface area (Å²) in [5, 5.41) is 10.7. The molecule has 2 N–H and O–H groups in total. The number of amides is 1. The zero-order chi connectivity index (χ0) is 19.0. The molecule has 9 heteroatoms. The molecule has 1 saturated heterocycles. The van der Waals surface area contributed by atoms with Crippen LogP contribution in [0.1, 0.15) is 58.7 Å². The molecule has 28 heavy (non-hydrogen) atoms. The van der Waals surface area contributed by atoms with Gasteiger partial charge in [-0.15, -0.1) is 23.7 Å². The molecule has 2 aliphatic rings. The van der Waals surface area contributed by atoms with Crippen LogP contribution in [0.5, 0.6) is 0 Å². The Balaban J connectivity index is 0.00000225. The van der Waals surface area contributed by atoms with Gasteiger partial charge in [-0.3, -0.25) is 9.48 Å². The Bertz CT molecular complexity index is 828. The fourth-order valence-electron chi connectivity index (χ4n) is 4.10. The normalized spacial score (nSPS) is 19.1. The zero-order valence-electron chi connectivity index (χ0n) is 16.5. The number of ether oxygens (including phenoxy) is 1. The van der Waals surface area contributed by atoms with Crippen molar-refractivity contribution in [3.05, 3.63) is 33.5 Å². The Kier molecular flexibility index (Phi) is 6.44. The van der Waals surface area contributed by atoms with Gasteiger partial charge in [0.2, 0.25) is 0 Å². The second-order valence-electron chi connectivity index (χ2n) is 7.73. The maximum absolute atomic E-state index is 13.0. The highest BCUT2D eigenvalue weighted by Gasteiger charge is 2.40. The van der Waals surface area contributed by atoms with Gasteiger partial charge >= 0.3 is 0 Å². The minimum absolute atomic E-state index is 0. The maximum Gasteiger partial charge on any atom is 0.261 e. The molecule has 4 heterocycles. The summed E-state index contributed by atoms with van der Waals surface area (Å²) < 4.78 is 7.96. The quantitative estimate of drug-likeness (QED) is 0.786. The second kappa shape index (κ2) is 8.49. The molecule has 1 spiro atoms. The molecular formula is C19H28ClN5O2S. The van der Waals surface area contributed by atoms with Crippen LogP contribution < -0.4 is 10.6 Å². The molecule has 0 bridgehead atoms. The number of carbonyl (C=O) groups is 1. The first kappa shape index (κ1) is 21.2. The Morgan fingerprint density at radius 2 is 2.14 bits per heavy atom. The Labute approximate surface area is 175 Å². The standard InChI is InChI=1S/C19H27N5O2S.ClH/c1-12(2)16(17-21-11-22-24(17)3)23-18(25)15-10-13-14(27-15)4-9-26-19(13)5-7-20-8-6-19;/h10-12,16,20H,4-9H2,1-3H3,(H,23,25);1H. The molecule has 7 nitrogen and oxygen atoms in total. The van der Waals surface area contributed by atoms with Gasteiger partial charge < -0.3 is 15.4 Å². The van der Waals surface area contributed by atoms with Crippen LogP contribution in [-0.4, -0.2) is 40.4 Å². The van der Waals surface area contributed by atoms with Gasteiger partial charge in [0.1, 0.15) is 12.2 Å². The van der Waals surface area contributed by atoms with Crippen molar-refractivity contribution in [3.8, 4) is 0 Å². The molecule has 1 unspecified atom stereocenters. The molecule has 1 fully saturated rings. The Morgan fingerprint density at radius 3 is 2.79 bits per heavy atom. The van der Waals surface area contributed by atoms with Crippen LogP contribution in [0.4, 0.5) is 0 Å². The number of hydrogen-bond donors (Lipinski definition) is 2. The maximum atomic E-state index is 13.0. The lowest BCUT2D eigenvalue weighted by molar-refractivity contribution is -0.0792. The number of hydrogen-bond acceptors (Lipinski definition) is 6. The number of thiophene rings is 1. The van der Waals surface area contributed by atoms with Gasteiger partial charge in [0.05, 0.1) is 23.1 Å². The molecule has 154 valence electrons. The van der Waals surface area contributed by atoms with E-state index in [1.165, 1.54) is 16.8 Å². The van der Waals surface area contributed by atoms with E-state index in [-0.39, 0.29) is 35.9 Å². The third-order valence-corrected chi connectivity index (χ3v) is 6.81. The molecule has 1 atom stereocenters. The van der Waals surface area contributed by atoms with E-state index < -0.39 is 0 Å². The summed E-state index contributed by atoms with van der Waals surface area (Å²) in [5.41, 5.74) is 1.01. The highest BCUT2D eigenvalue weighted by atomic mass is 35.5. The number of nitrogens with zero attached hydrogens (tertiary/aromatic N) is 3. The molecule has 2 aliphatic heterocycles. The largest absolute Gasteiger partial charge is 0.370 e. The van der Waals surface area contributed by atoms with E-state index in [1.807, 2.05) is 7.05 Å². The van der Waals surface area contributed by atoms with Gasteiger partial charge in [0.15, 0.2) is 0 Å². The van der Waals surface area contributed by atoms with Gasteiger partial charge in [-0.1, -0.05) is 13.8 Å². The lowest BCUT2D eigenvalue weighted by Gasteiger charge is -2.40. The number of aryl methyl sites for hydroxylation is 1. The summed E-state index contributed by atoms with van der Waals surface area (Å²) in [6, 6.07) is 1.89. The van der Waals surface area contributed by atoms with Crippen LogP contribution in [0.2, 0.25) is 0 Å². The van der Waals surface area contributed by atoms with Crippen molar-refractivity contribution in [2.45, 2.75) is 44.8 Å². The van der Waals surface area contributed by atoms with E-state index in [2.05, 4.69) is 40.6 Å². The predicted octanol–water partition coefficient (Wildman–Crippen LogP) is 2.58. The van der Waals surface area contributed by atoms with Gasteiger partial charge in [0.25, 0.3) is 5.91 Å². The number of rotatable bonds is 4. The SMILES string of the molecule is CC(C)C(NC(=O)c1cc2c(s1)CCOC21CCNCC1)c1ncnn1C.Cl. The Hall–Kier alpha value is -1.48. The van der Waals surface area contributed by atoms with Crippen LogP contribution in [0.3, 0.4) is 0 Å². The van der Waals surface area contributed by atoms with Crippen LogP contribution in [0.25, 0.3) is 0 Å². The molecule has 4 rings (SSSR count). The monoisotopic (exact) mass is 425 g/mol. The first-order valence-corrected chi connectivity index (χ1v) is 10.4. The molecule has 2 aromatic rings. The minimum Gasteiger partial charge on any atom is -0.370 e. The number of carbonyl (C=O) groups excluding carboxylic acids is 1. The first-order valence-electron chi connectivity index (χ1n) is 9.63. The van der Waals surface area contributed by atoms with Crippen LogP contribution in [0, 0.1) is 5.92 Å². The van der Waals surface area contributed by atoms with E-state index in [0.29, 0.717) is 0 Å². The van der Waals surface area contributed by atoms with Crippen molar-refractivity contribution in [2.75, 3.05) is 19.7 Å². The molecular weight excluding hydrogens is 398 g/mol. The molecule has 0 aliphatic carbocycles. The fraction of sp³-hybridized carbons (Fsp3) is 0.632. The van der Waals surface area contributed by atoms with Crippen molar-refractivity contribution in [2.24, 2.45) is 13.0 Å². The fourth-order valence-corrected chi connectivity index (χ4v) is 5.24. The van der Waals surface area contributed by atoms with Crippen molar-refractivity contribution in [3.63, 3.8) is 0 Å². The van der Waals surface area contributed by atoms with Crippen LogP contribution >= 0.6 is 23.7 Å². The van der Waals surface area contributed by atoms with Gasteiger partial charge in [-0.2, -0.15) is 5.10 Å². The second-order valence-corrected chi connectivity index (χ2v) is 8.86. The molecule has 0 aromatic carbocycles. The van der Waals surface area contributed by atoms with Crippen LogP contribution in [0.15, 0.2) is 12.4 Å². The van der Waals surface area contributed by atoms with Crippen molar-refractivity contribution >= 4 is 29.7 Å². The summed E-state index contributed by atoms with van der Waals surface area (Å²) >= 11 is 1.61. The summed E-state index contributed by atoms with van der Waals surface area (Å²) in [4.78, 5) is 19.4. The smallest absolute Gasteiger partial charge is 0.261 e. The summed E-state index contributed by atoms with van der Waals surface area (Å²) in [6.07, 6.45) is 4.34. The van der Waals surface area contributed by atoms with E-state index in [9.17, 15) is 4.79 Å². The van der Waals surface area contributed by atoms with Gasteiger partial charge in [-0.05, 0) is 43.5 Å². The summed E-state index contributed by atoms with van der Waals surface area (Å²) in [7, 11) is 1.85. The number of halogens is 1. The van der Waals surface area contributed by atoms with E-state index >= 15 is 0 Å². The zero-order valence-corrected chi connectivity index (χ0v) is 18.2. The average Bonchev–Trinajstić information content (AvgIpc) is 3.27. The van der Waals surface area contributed by atoms with E-state index in [4.69, 9.17) is 4.74 Å². The number of fused-ring (bicyclic) bond motifs is 2. The topological polar surface area (TPSA) is 81.1 Å². The average molecular weight is 426 g/mol. The summed E-state index contributed by atoms with van der Waals surface area (Å²) in [5.74, 6) is 0.948. The molecule has 0 radical (unpaired) electrons. The highest BCUT2D eigenvalue weighted by Crippen LogP contribution is 2.43. The number of nitrogens with one attached hydrogen (secondary N) is 2. The highest BCUT2D eigenvalue weighted by molar-refractivity contribution is 7.14. The van der Waals surface area contributed by atoms with Gasteiger partial charge in [0, 0.05) is 18.3 Å². The van der Waals surface area contributed by atoms with Gasteiger partial charge in [-0.25, -0.2) is 4.98 Å². The molecule has 0 saturated carbocycles. The van der Waals surface area contributed by atoms with Crippen molar-refractivity contribution in [1.29, 1.82) is 0 Å². The Morgan fingerprint density at radius 1 is 1.39 bits per heavy atom. The van der Waals surface area contributed by atoms with Crippen LogP contribution in [-0.2, 0) is 23.8 Å². The van der Waals surface area contributed by atoms with Crippen molar-refractivity contribution in [1.82, 2.24) is 25.4 Å². The van der Waals surface area contributed by atoms with Crippen molar-refractivity contribution < 1.29 is 9.53 Å². The molecule has 2 aromatic heterocycles. The van der Waals surface area contributed by atoms with E-state index in [0.717, 1.165) is 49.7 Å². The third kappa shape index (κ3) is 3.83. The third-order valence-electron chi connectivity index (χ3n) is 5.62. The molecule has 1 amide bonds. The lowest BCUT2D eigenvalue weighted by Crippen LogP contribution is -2.44. The predicted molar refractivity (Wildman–Crippen MR) is 111 cm³/mol. The summed E-state index contributed by atoms with van der Waals surface area (Å²) in [6.45, 7) is 6.81. The lowest BCUT2D eigenvalue weighted by atomic mass is 9.83. The number of aromatic nitrogens is 3.